The predicted molar refractivity (Wildman–Crippen MR) is 137 cm³/mol. The third kappa shape index (κ3) is 3.67. The van der Waals surface area contributed by atoms with E-state index in [-0.39, 0.29) is 41.3 Å². The summed E-state index contributed by atoms with van der Waals surface area (Å²) in [5.74, 6) is 0.601. The Balaban J connectivity index is 1.29. The number of Topliss-reactive ketones (excluding diaryl/α,β-unsaturated/α-hetero) is 1. The number of carbonyl (C=O) groups excluding carboxylic acids is 2. The number of ether oxygens (including phenoxy) is 1. The van der Waals surface area contributed by atoms with Crippen molar-refractivity contribution in [1.29, 1.82) is 0 Å². The van der Waals surface area contributed by atoms with Gasteiger partial charge in [-0.15, -0.1) is 10.2 Å². The first kappa shape index (κ1) is 23.7. The Morgan fingerprint density at radius 3 is 2.67 bits per heavy atom. The van der Waals surface area contributed by atoms with Crippen molar-refractivity contribution in [3.63, 3.8) is 0 Å². The molecular formula is C26H27N9O4. The highest BCUT2D eigenvalue weighted by molar-refractivity contribution is 6.00. The number of aromatic nitrogens is 7. The highest BCUT2D eigenvalue weighted by atomic mass is 16.5. The van der Waals surface area contributed by atoms with Gasteiger partial charge in [-0.3, -0.25) is 14.6 Å². The van der Waals surface area contributed by atoms with Gasteiger partial charge in [0.05, 0.1) is 24.1 Å². The van der Waals surface area contributed by atoms with Gasteiger partial charge in [-0.2, -0.15) is 9.61 Å². The standard InChI is InChI=1S/C26H27N9O4/c1-12(36)20-21(13-6-15-2-3-16(7-13)34(15)26(38)24-29-11-30-33-24)32-25-17(10-31-35(25)23(20)27)14-8-19-22(28-9-14)18(37)4-5-39-19/h8-11,13,15-16,18,37H,2-7,27H2,1H3,(H,29,30,33)/t13-,15+,16-,18?. The number of fused-ring (bicyclic) bond motifs is 4. The number of hydrogen-bond acceptors (Lipinski definition) is 10. The second-order valence-electron chi connectivity index (χ2n) is 10.5. The molecule has 7 heterocycles. The molecule has 200 valence electrons. The Morgan fingerprint density at radius 2 is 1.95 bits per heavy atom. The summed E-state index contributed by atoms with van der Waals surface area (Å²) >= 11 is 0. The lowest BCUT2D eigenvalue weighted by Gasteiger charge is -2.38. The number of nitrogen functional groups attached to an aromatic ring is 1. The zero-order valence-electron chi connectivity index (χ0n) is 21.2. The number of aromatic amines is 1. The van der Waals surface area contributed by atoms with Crippen LogP contribution in [-0.4, -0.2) is 75.2 Å². The summed E-state index contributed by atoms with van der Waals surface area (Å²) in [5, 5.41) is 22.4. The van der Waals surface area contributed by atoms with E-state index in [9.17, 15) is 14.7 Å². The van der Waals surface area contributed by atoms with Gasteiger partial charge in [-0.25, -0.2) is 4.98 Å². The van der Waals surface area contributed by atoms with Crippen molar-refractivity contribution < 1.29 is 19.4 Å². The number of pyridine rings is 1. The van der Waals surface area contributed by atoms with Gasteiger partial charge in [0, 0.05) is 41.7 Å². The van der Waals surface area contributed by atoms with Crippen LogP contribution in [0.4, 0.5) is 5.82 Å². The van der Waals surface area contributed by atoms with Crippen LogP contribution in [0.15, 0.2) is 24.8 Å². The van der Waals surface area contributed by atoms with Crippen molar-refractivity contribution in [3.8, 4) is 16.9 Å². The van der Waals surface area contributed by atoms with E-state index in [2.05, 4.69) is 25.3 Å². The predicted octanol–water partition coefficient (Wildman–Crippen LogP) is 2.06. The number of nitrogens with one attached hydrogen (secondary N) is 1. The van der Waals surface area contributed by atoms with Crippen LogP contribution in [0.25, 0.3) is 16.8 Å². The summed E-state index contributed by atoms with van der Waals surface area (Å²) in [6, 6.07) is 1.83. The average Bonchev–Trinajstić information content (AvgIpc) is 3.66. The summed E-state index contributed by atoms with van der Waals surface area (Å²) in [6.07, 6.45) is 7.62. The number of carbonyl (C=O) groups is 2. The fraction of sp³-hybridized carbons (Fsp3) is 0.423. The second kappa shape index (κ2) is 8.83. The largest absolute Gasteiger partial charge is 0.491 e. The molecule has 39 heavy (non-hydrogen) atoms. The van der Waals surface area contributed by atoms with E-state index < -0.39 is 6.10 Å². The fourth-order valence-electron chi connectivity index (χ4n) is 6.44. The molecule has 3 aliphatic heterocycles. The molecule has 2 saturated heterocycles. The summed E-state index contributed by atoms with van der Waals surface area (Å²) in [4.78, 5) is 40.1. The minimum atomic E-state index is -0.664. The van der Waals surface area contributed by atoms with E-state index in [0.29, 0.717) is 59.8 Å². The molecule has 1 unspecified atom stereocenters. The minimum Gasteiger partial charge on any atom is -0.491 e. The molecular weight excluding hydrogens is 502 g/mol. The number of nitrogens with two attached hydrogens (primary N) is 1. The third-order valence-corrected chi connectivity index (χ3v) is 8.19. The summed E-state index contributed by atoms with van der Waals surface area (Å²) in [7, 11) is 0. The van der Waals surface area contributed by atoms with Crippen LogP contribution >= 0.6 is 0 Å². The monoisotopic (exact) mass is 529 g/mol. The van der Waals surface area contributed by atoms with Gasteiger partial charge in [0.2, 0.25) is 5.82 Å². The van der Waals surface area contributed by atoms with Crippen molar-refractivity contribution in [2.24, 2.45) is 0 Å². The number of anilines is 1. The Hall–Kier alpha value is -4.39. The Kier molecular flexibility index (Phi) is 5.37. The van der Waals surface area contributed by atoms with E-state index >= 15 is 0 Å². The smallest absolute Gasteiger partial charge is 0.292 e. The Labute approximate surface area is 222 Å². The van der Waals surface area contributed by atoms with Crippen LogP contribution < -0.4 is 10.5 Å². The van der Waals surface area contributed by atoms with Crippen LogP contribution in [0.5, 0.6) is 5.75 Å². The lowest BCUT2D eigenvalue weighted by Crippen LogP contribution is -2.46. The zero-order valence-corrected chi connectivity index (χ0v) is 21.2. The van der Waals surface area contributed by atoms with Crippen LogP contribution in [-0.2, 0) is 0 Å². The number of amides is 1. The number of aliphatic hydroxyl groups excluding tert-OH is 1. The van der Waals surface area contributed by atoms with E-state index in [1.54, 1.807) is 12.4 Å². The van der Waals surface area contributed by atoms with E-state index in [0.717, 1.165) is 18.4 Å². The molecule has 2 fully saturated rings. The van der Waals surface area contributed by atoms with Gasteiger partial charge in [0.25, 0.3) is 5.91 Å². The van der Waals surface area contributed by atoms with Crippen molar-refractivity contribution in [2.45, 2.75) is 63.1 Å². The second-order valence-corrected chi connectivity index (χ2v) is 10.5. The van der Waals surface area contributed by atoms with Gasteiger partial charge < -0.3 is 25.5 Å². The molecule has 0 radical (unpaired) electrons. The molecule has 7 rings (SSSR count). The van der Waals surface area contributed by atoms with Crippen molar-refractivity contribution in [2.75, 3.05) is 12.3 Å². The van der Waals surface area contributed by atoms with Crippen molar-refractivity contribution >= 4 is 23.2 Å². The van der Waals surface area contributed by atoms with E-state index in [1.165, 1.54) is 17.8 Å². The number of ketones is 1. The lowest BCUT2D eigenvalue weighted by atomic mass is 9.85. The van der Waals surface area contributed by atoms with Gasteiger partial charge in [0.1, 0.15) is 29.7 Å². The highest BCUT2D eigenvalue weighted by Gasteiger charge is 2.45. The number of piperidine rings is 1. The summed E-state index contributed by atoms with van der Waals surface area (Å²) in [5.41, 5.74) is 9.99. The zero-order chi connectivity index (χ0) is 26.8. The molecule has 2 bridgehead atoms. The topological polar surface area (TPSA) is 178 Å². The maximum Gasteiger partial charge on any atom is 0.292 e. The molecule has 3 aliphatic rings. The summed E-state index contributed by atoms with van der Waals surface area (Å²) in [6.45, 7) is 1.89. The Bertz CT molecular complexity index is 1600. The first-order valence-electron chi connectivity index (χ1n) is 13.1. The van der Waals surface area contributed by atoms with Crippen LogP contribution in [0.2, 0.25) is 0 Å². The third-order valence-electron chi connectivity index (χ3n) is 8.19. The van der Waals surface area contributed by atoms with Gasteiger partial charge in [-0.05, 0) is 38.7 Å². The van der Waals surface area contributed by atoms with Gasteiger partial charge in [0.15, 0.2) is 11.4 Å². The number of hydrogen-bond donors (Lipinski definition) is 3. The molecule has 0 aliphatic carbocycles. The number of aliphatic hydroxyl groups is 1. The average molecular weight is 530 g/mol. The molecule has 4 atom stereocenters. The normalized spacial score (nSPS) is 24.0. The maximum atomic E-state index is 13.1. The number of rotatable bonds is 4. The fourth-order valence-corrected chi connectivity index (χ4v) is 6.44. The lowest BCUT2D eigenvalue weighted by molar-refractivity contribution is 0.0556. The van der Waals surface area contributed by atoms with Crippen LogP contribution in [0, 0.1) is 0 Å². The van der Waals surface area contributed by atoms with E-state index in [4.69, 9.17) is 15.5 Å². The molecule has 4 N–H and O–H groups in total. The van der Waals surface area contributed by atoms with Crippen LogP contribution in [0.3, 0.4) is 0 Å². The number of nitrogens with zero attached hydrogens (tertiary/aromatic N) is 7. The SMILES string of the molecule is CC(=O)c1c([C@H]2C[C@H]3CC[C@@H](C2)N3C(=O)c2nnc[nH]2)nc2c(-c3cnc4c(c3)OCCC4O)cnn2c1N. The molecule has 13 heteroatoms. The molecule has 0 aromatic carbocycles. The molecule has 4 aromatic heterocycles. The van der Waals surface area contributed by atoms with Crippen molar-refractivity contribution in [3.05, 3.63) is 47.6 Å². The summed E-state index contributed by atoms with van der Waals surface area (Å²) < 4.78 is 7.23. The first-order valence-corrected chi connectivity index (χ1v) is 13.1. The molecule has 0 spiro atoms. The van der Waals surface area contributed by atoms with E-state index in [1.807, 2.05) is 11.0 Å². The first-order chi connectivity index (χ1) is 18.9. The molecule has 0 saturated carbocycles. The van der Waals surface area contributed by atoms with Gasteiger partial charge in [-0.1, -0.05) is 0 Å². The molecule has 4 aromatic rings. The minimum absolute atomic E-state index is 0.00297. The quantitative estimate of drug-likeness (QED) is 0.331. The highest BCUT2D eigenvalue weighted by Crippen LogP contribution is 2.45. The maximum absolute atomic E-state index is 13.1. The number of H-pyrrole nitrogens is 1. The van der Waals surface area contributed by atoms with Crippen LogP contribution in [0.1, 0.15) is 83.4 Å². The molecule has 1 amide bonds. The Morgan fingerprint density at radius 1 is 1.15 bits per heavy atom. The van der Waals surface area contributed by atoms with Gasteiger partial charge >= 0.3 is 0 Å². The van der Waals surface area contributed by atoms with Crippen molar-refractivity contribution in [1.82, 2.24) is 39.7 Å². The molecule has 13 nitrogen and oxygen atoms in total.